The summed E-state index contributed by atoms with van der Waals surface area (Å²) in [6, 6.07) is 19.7. The topological polar surface area (TPSA) is 82.5 Å². The molecule has 29 heavy (non-hydrogen) atoms. The molecule has 0 aliphatic rings. The minimum absolute atomic E-state index is 0.186. The van der Waals surface area contributed by atoms with Crippen LogP contribution in [0.4, 0.5) is 0 Å². The summed E-state index contributed by atoms with van der Waals surface area (Å²) in [6.07, 6.45) is 3.44. The Hall–Kier alpha value is -4.07. The third-order valence-corrected chi connectivity index (χ3v) is 4.63. The standard InChI is InChI=1S/C21H17N7O/c1-15(16-8-4-2-5-9-16)26-29-13-19-24-25-21-18-12-23-28(17-10-6-3-7-11-17)20(18)22-14-27(19)21/h2-12,14H,13H2,1H3/b26-15+. The van der Waals surface area contributed by atoms with Crippen molar-refractivity contribution in [2.24, 2.45) is 5.16 Å². The molecule has 8 nitrogen and oxygen atoms in total. The van der Waals surface area contributed by atoms with Crippen molar-refractivity contribution >= 4 is 22.4 Å². The van der Waals surface area contributed by atoms with E-state index in [1.165, 1.54) is 0 Å². The van der Waals surface area contributed by atoms with Gasteiger partial charge in [-0.15, -0.1) is 10.2 Å². The average Bonchev–Trinajstić information content (AvgIpc) is 3.39. The van der Waals surface area contributed by atoms with Crippen molar-refractivity contribution in [2.45, 2.75) is 13.5 Å². The maximum atomic E-state index is 5.50. The number of aromatic nitrogens is 6. The smallest absolute Gasteiger partial charge is 0.179 e. The maximum absolute atomic E-state index is 5.50. The van der Waals surface area contributed by atoms with E-state index in [1.54, 1.807) is 21.6 Å². The zero-order valence-electron chi connectivity index (χ0n) is 15.7. The van der Waals surface area contributed by atoms with Crippen LogP contribution in [-0.4, -0.2) is 35.1 Å². The quantitative estimate of drug-likeness (QED) is 0.343. The fraction of sp³-hybridized carbons (Fsp3) is 0.0952. The van der Waals surface area contributed by atoms with Gasteiger partial charge in [-0.3, -0.25) is 4.40 Å². The first-order valence-electron chi connectivity index (χ1n) is 9.15. The van der Waals surface area contributed by atoms with Gasteiger partial charge in [0, 0.05) is 0 Å². The maximum Gasteiger partial charge on any atom is 0.179 e. The van der Waals surface area contributed by atoms with Gasteiger partial charge in [0.1, 0.15) is 6.33 Å². The van der Waals surface area contributed by atoms with E-state index in [0.717, 1.165) is 28.0 Å². The molecule has 0 N–H and O–H groups in total. The molecular formula is C21H17N7O. The summed E-state index contributed by atoms with van der Waals surface area (Å²) >= 11 is 0. The van der Waals surface area contributed by atoms with Gasteiger partial charge in [0.05, 0.1) is 23.0 Å². The molecule has 0 bridgehead atoms. The molecule has 0 fully saturated rings. The Balaban J connectivity index is 1.43. The van der Waals surface area contributed by atoms with Gasteiger partial charge in [0.2, 0.25) is 0 Å². The largest absolute Gasteiger partial charge is 0.387 e. The Labute approximate surface area is 166 Å². The zero-order chi connectivity index (χ0) is 19.6. The molecule has 3 heterocycles. The number of benzene rings is 2. The van der Waals surface area contributed by atoms with Crippen molar-refractivity contribution in [3.05, 3.63) is 84.6 Å². The molecule has 142 valence electrons. The van der Waals surface area contributed by atoms with E-state index in [2.05, 4.69) is 25.4 Å². The van der Waals surface area contributed by atoms with Crippen molar-refractivity contribution in [1.29, 1.82) is 0 Å². The number of oxime groups is 1. The van der Waals surface area contributed by atoms with Gasteiger partial charge in [-0.05, 0) is 24.6 Å². The number of hydrogen-bond donors (Lipinski definition) is 0. The third kappa shape index (κ3) is 3.10. The summed E-state index contributed by atoms with van der Waals surface area (Å²) in [5.41, 5.74) is 4.15. The van der Waals surface area contributed by atoms with Gasteiger partial charge in [0.15, 0.2) is 23.7 Å². The van der Waals surface area contributed by atoms with E-state index >= 15 is 0 Å². The first-order chi connectivity index (χ1) is 14.3. The van der Waals surface area contributed by atoms with E-state index in [1.807, 2.05) is 67.6 Å². The Kier molecular flexibility index (Phi) is 4.21. The van der Waals surface area contributed by atoms with Crippen LogP contribution in [0.2, 0.25) is 0 Å². The van der Waals surface area contributed by atoms with Gasteiger partial charge in [0.25, 0.3) is 0 Å². The minimum Gasteiger partial charge on any atom is -0.387 e. The third-order valence-electron chi connectivity index (χ3n) is 4.63. The molecule has 0 saturated carbocycles. The SMILES string of the molecule is C/C(=N\OCc1nnc2c3cnn(-c4ccccc4)c3ncn12)c1ccccc1. The molecule has 5 aromatic rings. The van der Waals surface area contributed by atoms with Crippen LogP contribution in [0.3, 0.4) is 0 Å². The second-order valence-corrected chi connectivity index (χ2v) is 6.50. The number of fused-ring (bicyclic) bond motifs is 3. The molecule has 0 radical (unpaired) electrons. The molecule has 0 unspecified atom stereocenters. The molecule has 3 aromatic heterocycles. The summed E-state index contributed by atoms with van der Waals surface area (Å²) in [7, 11) is 0. The normalized spacial score (nSPS) is 12.0. The highest BCUT2D eigenvalue weighted by Crippen LogP contribution is 2.20. The summed E-state index contributed by atoms with van der Waals surface area (Å²) in [5, 5.41) is 18.0. The molecule has 0 aliphatic heterocycles. The van der Waals surface area contributed by atoms with Crippen LogP contribution in [0.15, 0.2) is 78.3 Å². The Morgan fingerprint density at radius 3 is 2.52 bits per heavy atom. The predicted octanol–water partition coefficient (Wildman–Crippen LogP) is 3.40. The zero-order valence-corrected chi connectivity index (χ0v) is 15.7. The van der Waals surface area contributed by atoms with Crippen LogP contribution in [-0.2, 0) is 11.4 Å². The molecule has 0 spiro atoms. The Morgan fingerprint density at radius 1 is 0.966 bits per heavy atom. The molecule has 5 rings (SSSR count). The molecule has 0 amide bonds. The molecule has 8 heteroatoms. The lowest BCUT2D eigenvalue weighted by atomic mass is 10.1. The number of nitrogens with zero attached hydrogens (tertiary/aromatic N) is 7. The highest BCUT2D eigenvalue weighted by atomic mass is 16.6. The minimum atomic E-state index is 0.186. The lowest BCUT2D eigenvalue weighted by Gasteiger charge is -2.03. The van der Waals surface area contributed by atoms with Crippen LogP contribution in [0, 0.1) is 0 Å². The number of hydrogen-bond acceptors (Lipinski definition) is 6. The second kappa shape index (κ2) is 7.16. The molecule has 0 saturated heterocycles. The lowest BCUT2D eigenvalue weighted by Crippen LogP contribution is -2.01. The van der Waals surface area contributed by atoms with Crippen LogP contribution in [0.25, 0.3) is 22.4 Å². The molecular weight excluding hydrogens is 366 g/mol. The molecule has 0 aliphatic carbocycles. The Morgan fingerprint density at radius 2 is 1.72 bits per heavy atom. The Bertz CT molecular complexity index is 1310. The lowest BCUT2D eigenvalue weighted by molar-refractivity contribution is 0.124. The fourth-order valence-corrected chi connectivity index (χ4v) is 3.14. The van der Waals surface area contributed by atoms with Gasteiger partial charge < -0.3 is 4.84 Å². The van der Waals surface area contributed by atoms with Gasteiger partial charge in [-0.2, -0.15) is 5.10 Å². The molecule has 2 aromatic carbocycles. The highest BCUT2D eigenvalue weighted by molar-refractivity contribution is 5.98. The summed E-state index contributed by atoms with van der Waals surface area (Å²) in [4.78, 5) is 10.1. The van der Waals surface area contributed by atoms with Crippen molar-refractivity contribution in [3.8, 4) is 5.69 Å². The van der Waals surface area contributed by atoms with Crippen LogP contribution in [0.5, 0.6) is 0 Å². The summed E-state index contributed by atoms with van der Waals surface area (Å²) < 4.78 is 3.58. The van der Waals surface area contributed by atoms with E-state index in [0.29, 0.717) is 11.5 Å². The average molecular weight is 383 g/mol. The van der Waals surface area contributed by atoms with Crippen LogP contribution < -0.4 is 0 Å². The van der Waals surface area contributed by atoms with E-state index in [4.69, 9.17) is 4.84 Å². The van der Waals surface area contributed by atoms with Crippen LogP contribution in [0.1, 0.15) is 18.3 Å². The van der Waals surface area contributed by atoms with E-state index in [9.17, 15) is 0 Å². The van der Waals surface area contributed by atoms with Gasteiger partial charge >= 0.3 is 0 Å². The van der Waals surface area contributed by atoms with Gasteiger partial charge in [-0.25, -0.2) is 9.67 Å². The van der Waals surface area contributed by atoms with Crippen molar-refractivity contribution in [1.82, 2.24) is 29.4 Å². The monoisotopic (exact) mass is 383 g/mol. The van der Waals surface area contributed by atoms with E-state index < -0.39 is 0 Å². The highest BCUT2D eigenvalue weighted by Gasteiger charge is 2.14. The van der Waals surface area contributed by atoms with Crippen molar-refractivity contribution in [2.75, 3.05) is 0 Å². The summed E-state index contributed by atoms with van der Waals surface area (Å²) in [6.45, 7) is 2.09. The van der Waals surface area contributed by atoms with Crippen molar-refractivity contribution in [3.63, 3.8) is 0 Å². The predicted molar refractivity (Wildman–Crippen MR) is 109 cm³/mol. The number of rotatable bonds is 5. The first-order valence-corrected chi connectivity index (χ1v) is 9.15. The van der Waals surface area contributed by atoms with Crippen molar-refractivity contribution < 1.29 is 4.84 Å². The van der Waals surface area contributed by atoms with Gasteiger partial charge in [-0.1, -0.05) is 53.7 Å². The molecule has 0 atom stereocenters. The number of para-hydroxylation sites is 1. The van der Waals surface area contributed by atoms with Crippen LogP contribution >= 0.6 is 0 Å². The summed E-state index contributed by atoms with van der Waals surface area (Å²) in [5.74, 6) is 0.617. The van der Waals surface area contributed by atoms with E-state index in [-0.39, 0.29) is 6.61 Å². The fourth-order valence-electron chi connectivity index (χ4n) is 3.14. The second-order valence-electron chi connectivity index (χ2n) is 6.50. The first kappa shape index (κ1) is 17.1.